The molecule has 0 fully saturated rings. The van der Waals surface area contributed by atoms with E-state index < -0.39 is 10.5 Å². The number of nitrogens with zero attached hydrogens (tertiary/aromatic N) is 5. The Bertz CT molecular complexity index is 1250. The van der Waals surface area contributed by atoms with Gasteiger partial charge in [0.25, 0.3) is 0 Å². The normalized spacial score (nSPS) is 11.3. The molecule has 1 amide bonds. The van der Waals surface area contributed by atoms with E-state index >= 15 is 0 Å². The fourth-order valence-electron chi connectivity index (χ4n) is 3.30. The molecule has 0 atom stereocenters. The van der Waals surface area contributed by atoms with Gasteiger partial charge in [0, 0.05) is 23.9 Å². The number of benzene rings is 2. The number of amides is 1. The maximum absolute atomic E-state index is 13.0. The maximum atomic E-state index is 13.0. The molecule has 4 rings (SSSR count). The molecule has 2 heterocycles. The highest BCUT2D eigenvalue weighted by atomic mass is 16.6. The van der Waals surface area contributed by atoms with Crippen LogP contribution in [0.5, 0.6) is 0 Å². The SMILES string of the molecule is CC(C)(C(=O)NCc1cn(-c2ccccc2)nc1-c1ccccc1)n1cc([N+](=O)[O-])cn1. The summed E-state index contributed by atoms with van der Waals surface area (Å²) in [6.45, 7) is 3.55. The van der Waals surface area contributed by atoms with Crippen molar-refractivity contribution in [1.29, 1.82) is 0 Å². The van der Waals surface area contributed by atoms with Gasteiger partial charge in [-0.1, -0.05) is 48.5 Å². The van der Waals surface area contributed by atoms with Gasteiger partial charge in [-0.15, -0.1) is 0 Å². The monoisotopic (exact) mass is 430 g/mol. The average Bonchev–Trinajstić information content (AvgIpc) is 3.47. The summed E-state index contributed by atoms with van der Waals surface area (Å²) in [6.07, 6.45) is 4.28. The Balaban J connectivity index is 1.59. The molecule has 9 nitrogen and oxygen atoms in total. The number of carbonyl (C=O) groups excluding carboxylic acids is 1. The second-order valence-electron chi connectivity index (χ2n) is 7.79. The molecular weight excluding hydrogens is 408 g/mol. The van der Waals surface area contributed by atoms with Gasteiger partial charge in [-0.05, 0) is 26.0 Å². The molecule has 0 saturated carbocycles. The Kier molecular flexibility index (Phi) is 5.55. The van der Waals surface area contributed by atoms with Gasteiger partial charge in [-0.2, -0.15) is 10.2 Å². The summed E-state index contributed by atoms with van der Waals surface area (Å²) < 4.78 is 3.08. The van der Waals surface area contributed by atoms with Crippen LogP contribution in [0.1, 0.15) is 19.4 Å². The lowest BCUT2D eigenvalue weighted by molar-refractivity contribution is -0.385. The Hall–Kier alpha value is -4.27. The minimum absolute atomic E-state index is 0.165. The standard InChI is InChI=1S/C23H22N6O3/c1-23(2,28-16-20(14-25-28)29(31)32)22(30)24-13-18-15-27(19-11-7-4-8-12-19)26-21(18)17-9-5-3-6-10-17/h3-12,14-16H,13H2,1-2H3,(H,24,30). The second-order valence-corrected chi connectivity index (χ2v) is 7.79. The van der Waals surface area contributed by atoms with Gasteiger partial charge in [-0.25, -0.2) is 4.68 Å². The Morgan fingerprint density at radius 1 is 1.06 bits per heavy atom. The van der Waals surface area contributed by atoms with Crippen LogP contribution in [-0.4, -0.2) is 30.4 Å². The van der Waals surface area contributed by atoms with Crippen molar-refractivity contribution in [3.05, 3.63) is 94.9 Å². The minimum atomic E-state index is -1.11. The Labute approximate surface area is 184 Å². The van der Waals surface area contributed by atoms with Crippen molar-refractivity contribution in [3.8, 4) is 16.9 Å². The average molecular weight is 430 g/mol. The molecule has 162 valence electrons. The van der Waals surface area contributed by atoms with Crippen LogP contribution in [0.2, 0.25) is 0 Å². The first kappa shape index (κ1) is 21.0. The third kappa shape index (κ3) is 4.13. The third-order valence-electron chi connectivity index (χ3n) is 5.21. The maximum Gasteiger partial charge on any atom is 0.307 e. The largest absolute Gasteiger partial charge is 0.350 e. The fourth-order valence-corrected chi connectivity index (χ4v) is 3.30. The highest BCUT2D eigenvalue weighted by Crippen LogP contribution is 2.24. The zero-order chi connectivity index (χ0) is 22.7. The van der Waals surface area contributed by atoms with E-state index in [1.54, 1.807) is 18.5 Å². The van der Waals surface area contributed by atoms with Crippen LogP contribution >= 0.6 is 0 Å². The quantitative estimate of drug-likeness (QED) is 0.355. The Morgan fingerprint density at radius 2 is 1.72 bits per heavy atom. The van der Waals surface area contributed by atoms with E-state index in [4.69, 9.17) is 5.10 Å². The van der Waals surface area contributed by atoms with Crippen molar-refractivity contribution in [1.82, 2.24) is 24.9 Å². The van der Waals surface area contributed by atoms with Gasteiger partial charge in [0.1, 0.15) is 17.9 Å². The summed E-state index contributed by atoms with van der Waals surface area (Å²) >= 11 is 0. The van der Waals surface area contributed by atoms with Crippen LogP contribution in [-0.2, 0) is 16.9 Å². The van der Waals surface area contributed by atoms with E-state index in [0.29, 0.717) is 0 Å². The first-order chi connectivity index (χ1) is 15.4. The van der Waals surface area contributed by atoms with Crippen LogP contribution in [0.4, 0.5) is 5.69 Å². The van der Waals surface area contributed by atoms with Crippen LogP contribution in [0.3, 0.4) is 0 Å². The zero-order valence-corrected chi connectivity index (χ0v) is 17.7. The molecule has 0 unspecified atom stereocenters. The topological polar surface area (TPSA) is 108 Å². The molecule has 9 heteroatoms. The molecule has 0 aliphatic rings. The molecule has 0 spiro atoms. The van der Waals surface area contributed by atoms with Crippen molar-refractivity contribution >= 4 is 11.6 Å². The van der Waals surface area contributed by atoms with Gasteiger partial charge in [0.15, 0.2) is 0 Å². The number of para-hydroxylation sites is 1. The predicted octanol–water partition coefficient (Wildman–Crippen LogP) is 3.70. The smallest absolute Gasteiger partial charge is 0.307 e. The molecule has 0 radical (unpaired) electrons. The predicted molar refractivity (Wildman–Crippen MR) is 119 cm³/mol. The molecular formula is C23H22N6O3. The number of carbonyl (C=O) groups is 1. The van der Waals surface area contributed by atoms with E-state index in [-0.39, 0.29) is 18.1 Å². The molecule has 0 aliphatic heterocycles. The van der Waals surface area contributed by atoms with Gasteiger partial charge in [0.05, 0.1) is 16.3 Å². The van der Waals surface area contributed by atoms with E-state index in [1.807, 2.05) is 66.9 Å². The van der Waals surface area contributed by atoms with Gasteiger partial charge in [0.2, 0.25) is 5.91 Å². The van der Waals surface area contributed by atoms with Gasteiger partial charge < -0.3 is 5.32 Å². The van der Waals surface area contributed by atoms with Crippen molar-refractivity contribution in [2.24, 2.45) is 0 Å². The lowest BCUT2D eigenvalue weighted by Gasteiger charge is -2.23. The van der Waals surface area contributed by atoms with Crippen LogP contribution in [0.15, 0.2) is 79.3 Å². The third-order valence-corrected chi connectivity index (χ3v) is 5.21. The summed E-state index contributed by atoms with van der Waals surface area (Å²) in [5.74, 6) is -0.318. The lowest BCUT2D eigenvalue weighted by atomic mass is 10.0. The summed E-state index contributed by atoms with van der Waals surface area (Å²) in [7, 11) is 0. The number of aromatic nitrogens is 4. The first-order valence-electron chi connectivity index (χ1n) is 10.0. The number of nitro groups is 1. The first-order valence-corrected chi connectivity index (χ1v) is 10.0. The summed E-state index contributed by atoms with van der Waals surface area (Å²) in [5.41, 5.74) is 2.18. The molecule has 0 bridgehead atoms. The molecule has 0 saturated heterocycles. The molecule has 2 aromatic heterocycles. The molecule has 32 heavy (non-hydrogen) atoms. The van der Waals surface area contributed by atoms with E-state index in [0.717, 1.165) is 28.7 Å². The second kappa shape index (κ2) is 8.46. The highest BCUT2D eigenvalue weighted by molar-refractivity contribution is 5.83. The van der Waals surface area contributed by atoms with Crippen molar-refractivity contribution in [2.75, 3.05) is 0 Å². The summed E-state index contributed by atoms with van der Waals surface area (Å²) in [4.78, 5) is 23.4. The summed E-state index contributed by atoms with van der Waals surface area (Å²) in [5, 5.41) is 22.6. The van der Waals surface area contributed by atoms with Crippen LogP contribution in [0, 0.1) is 10.1 Å². The lowest BCUT2D eigenvalue weighted by Crippen LogP contribution is -2.44. The van der Waals surface area contributed by atoms with Gasteiger partial charge in [-0.3, -0.25) is 19.6 Å². The minimum Gasteiger partial charge on any atom is -0.350 e. The number of rotatable bonds is 7. The van der Waals surface area contributed by atoms with Gasteiger partial charge >= 0.3 is 5.69 Å². The van der Waals surface area contributed by atoms with E-state index in [1.165, 1.54) is 10.9 Å². The molecule has 2 aromatic carbocycles. The molecule has 1 N–H and O–H groups in total. The van der Waals surface area contributed by atoms with Crippen molar-refractivity contribution < 1.29 is 9.72 Å². The summed E-state index contributed by atoms with van der Waals surface area (Å²) in [6, 6.07) is 19.5. The zero-order valence-electron chi connectivity index (χ0n) is 17.7. The Morgan fingerprint density at radius 3 is 2.34 bits per heavy atom. The van der Waals surface area contributed by atoms with Crippen molar-refractivity contribution in [2.45, 2.75) is 25.9 Å². The number of hydrogen-bond donors (Lipinski definition) is 1. The van der Waals surface area contributed by atoms with Crippen LogP contribution in [0.25, 0.3) is 16.9 Å². The molecule has 4 aromatic rings. The fraction of sp³-hybridized carbons (Fsp3) is 0.174. The number of nitrogens with one attached hydrogen (secondary N) is 1. The van der Waals surface area contributed by atoms with E-state index in [2.05, 4.69) is 10.4 Å². The van der Waals surface area contributed by atoms with Crippen LogP contribution < -0.4 is 5.32 Å². The van der Waals surface area contributed by atoms with Crippen molar-refractivity contribution in [3.63, 3.8) is 0 Å². The van der Waals surface area contributed by atoms with E-state index in [9.17, 15) is 14.9 Å². The molecule has 0 aliphatic carbocycles. The highest BCUT2D eigenvalue weighted by Gasteiger charge is 2.32. The number of hydrogen-bond acceptors (Lipinski definition) is 5.